The minimum atomic E-state index is -0.446. The fourth-order valence-corrected chi connectivity index (χ4v) is 2.62. The molecule has 0 aliphatic rings. The highest BCUT2D eigenvalue weighted by atomic mass is 127. The van der Waals surface area contributed by atoms with Gasteiger partial charge in [-0.15, -0.1) is 0 Å². The van der Waals surface area contributed by atoms with Crippen molar-refractivity contribution in [2.24, 2.45) is 0 Å². The van der Waals surface area contributed by atoms with Crippen LogP contribution in [-0.2, 0) is 11.2 Å². The molecule has 1 N–H and O–H groups in total. The third kappa shape index (κ3) is 4.21. The Balaban J connectivity index is 2.01. The maximum Gasteiger partial charge on any atom is 0.237 e. The van der Waals surface area contributed by atoms with E-state index >= 15 is 0 Å². The summed E-state index contributed by atoms with van der Waals surface area (Å²) in [6, 6.07) is 13.9. The Morgan fingerprint density at radius 2 is 1.95 bits per heavy atom. The fourth-order valence-electron chi connectivity index (χ4n) is 1.74. The zero-order chi connectivity index (χ0) is 14.5. The molecule has 0 aromatic heterocycles. The molecule has 0 aliphatic heterocycles. The molecule has 2 aromatic carbocycles. The summed E-state index contributed by atoms with van der Waals surface area (Å²) in [5.74, 6) is -0.513. The summed E-state index contributed by atoms with van der Waals surface area (Å²) in [6.45, 7) is 0. The summed E-state index contributed by atoms with van der Waals surface area (Å²) in [5, 5.41) is 2.32. The number of hydrogen-bond acceptors (Lipinski definition) is 2. The van der Waals surface area contributed by atoms with Gasteiger partial charge in [0.15, 0.2) is 0 Å². The molecule has 0 radical (unpaired) electrons. The molecule has 20 heavy (non-hydrogen) atoms. The van der Waals surface area contributed by atoms with Gasteiger partial charge in [0.25, 0.3) is 0 Å². The van der Waals surface area contributed by atoms with Crippen LogP contribution in [0.4, 0.5) is 10.1 Å². The van der Waals surface area contributed by atoms with Crippen molar-refractivity contribution in [3.63, 3.8) is 0 Å². The van der Waals surface area contributed by atoms with Crippen LogP contribution >= 0.6 is 35.2 Å². The number of amides is 1. The Hall–Kier alpha value is -1.08. The van der Waals surface area contributed by atoms with Gasteiger partial charge in [-0.25, -0.2) is 4.39 Å². The van der Waals surface area contributed by atoms with Crippen molar-refractivity contribution in [1.82, 2.24) is 0 Å². The van der Waals surface area contributed by atoms with Crippen molar-refractivity contribution in [2.75, 3.05) is 5.32 Å². The molecule has 0 bridgehead atoms. The summed E-state index contributed by atoms with van der Waals surface area (Å²) in [4.78, 5) is 12.1. The molecule has 0 aliphatic carbocycles. The van der Waals surface area contributed by atoms with E-state index in [0.29, 0.717) is 15.7 Å². The molecule has 2 nitrogen and oxygen atoms in total. The van der Waals surface area contributed by atoms with Gasteiger partial charge < -0.3 is 5.32 Å². The van der Waals surface area contributed by atoms with Gasteiger partial charge in [0.05, 0.1) is 10.9 Å². The molecule has 5 heteroatoms. The molecular weight excluding hydrogens is 388 g/mol. The monoisotopic (exact) mass is 401 g/mol. The lowest BCUT2D eigenvalue weighted by atomic mass is 10.1. The third-order valence-corrected chi connectivity index (χ3v) is 4.07. The molecule has 104 valence electrons. The highest BCUT2D eigenvalue weighted by Crippen LogP contribution is 2.20. The summed E-state index contributed by atoms with van der Waals surface area (Å²) in [5.41, 5.74) is 1.65. The molecule has 2 aromatic rings. The van der Waals surface area contributed by atoms with E-state index in [-0.39, 0.29) is 11.7 Å². The molecule has 0 saturated heterocycles. The second-order valence-electron chi connectivity index (χ2n) is 4.32. The van der Waals surface area contributed by atoms with Crippen LogP contribution in [0, 0.1) is 9.39 Å². The molecule has 0 saturated carbocycles. The van der Waals surface area contributed by atoms with Gasteiger partial charge in [-0.05, 0) is 52.8 Å². The molecule has 1 atom stereocenters. The summed E-state index contributed by atoms with van der Waals surface area (Å²) >= 11 is 6.32. The lowest BCUT2D eigenvalue weighted by molar-refractivity contribution is -0.115. The highest BCUT2D eigenvalue weighted by Gasteiger charge is 2.15. The number of thiol groups is 1. The number of carbonyl (C=O) groups is 1. The van der Waals surface area contributed by atoms with Crippen LogP contribution < -0.4 is 5.32 Å². The molecule has 0 heterocycles. The zero-order valence-electron chi connectivity index (χ0n) is 10.5. The molecule has 0 fully saturated rings. The van der Waals surface area contributed by atoms with Gasteiger partial charge >= 0.3 is 0 Å². The number of nitrogens with one attached hydrogen (secondary N) is 1. The summed E-state index contributed by atoms with van der Waals surface area (Å²) in [6.07, 6.45) is 0.549. The Morgan fingerprint density at radius 3 is 2.60 bits per heavy atom. The van der Waals surface area contributed by atoms with Gasteiger partial charge in [0, 0.05) is 3.57 Å². The molecule has 0 spiro atoms. The van der Waals surface area contributed by atoms with E-state index in [1.807, 2.05) is 52.9 Å². The van der Waals surface area contributed by atoms with Crippen LogP contribution in [0.25, 0.3) is 0 Å². The molecule has 1 unspecified atom stereocenters. The minimum absolute atomic E-state index is 0.193. The Kier molecular flexibility index (Phi) is 5.42. The number of carbonyl (C=O) groups excluding carboxylic acids is 1. The van der Waals surface area contributed by atoms with Gasteiger partial charge in [0.1, 0.15) is 5.82 Å². The number of hydrogen-bond donors (Lipinski definition) is 2. The van der Waals surface area contributed by atoms with Crippen molar-refractivity contribution < 1.29 is 9.18 Å². The average molecular weight is 401 g/mol. The van der Waals surface area contributed by atoms with Crippen molar-refractivity contribution in [3.05, 3.63) is 63.5 Å². The summed E-state index contributed by atoms with van der Waals surface area (Å²) < 4.78 is 13.7. The number of rotatable bonds is 4. The van der Waals surface area contributed by atoms with Crippen LogP contribution in [0.5, 0.6) is 0 Å². The first kappa shape index (κ1) is 15.3. The lowest BCUT2D eigenvalue weighted by Crippen LogP contribution is -2.25. The van der Waals surface area contributed by atoms with Crippen molar-refractivity contribution in [2.45, 2.75) is 11.7 Å². The number of benzene rings is 2. The van der Waals surface area contributed by atoms with Gasteiger partial charge in [-0.3, -0.25) is 4.79 Å². The normalized spacial score (nSPS) is 11.9. The Morgan fingerprint density at radius 1 is 1.25 bits per heavy atom. The van der Waals surface area contributed by atoms with Crippen LogP contribution in [0.2, 0.25) is 0 Å². The number of halogens is 2. The minimum Gasteiger partial charge on any atom is -0.324 e. The summed E-state index contributed by atoms with van der Waals surface area (Å²) in [7, 11) is 0. The van der Waals surface area contributed by atoms with Crippen LogP contribution in [-0.4, -0.2) is 11.2 Å². The second kappa shape index (κ2) is 7.08. The van der Waals surface area contributed by atoms with E-state index in [2.05, 4.69) is 17.9 Å². The SMILES string of the molecule is O=C(Nc1ccc(F)cc1I)C(S)Cc1ccccc1. The largest absolute Gasteiger partial charge is 0.324 e. The molecule has 1 amide bonds. The maximum atomic E-state index is 13.0. The first-order valence-corrected chi connectivity index (χ1v) is 7.63. The third-order valence-electron chi connectivity index (χ3n) is 2.76. The predicted octanol–water partition coefficient (Wildman–Crippen LogP) is 3.91. The van der Waals surface area contributed by atoms with E-state index < -0.39 is 5.25 Å². The second-order valence-corrected chi connectivity index (χ2v) is 6.10. The molecule has 2 rings (SSSR count). The van der Waals surface area contributed by atoms with Gasteiger partial charge in [-0.1, -0.05) is 30.3 Å². The lowest BCUT2D eigenvalue weighted by Gasteiger charge is -2.12. The molecular formula is C15H13FINOS. The zero-order valence-corrected chi connectivity index (χ0v) is 13.6. The van der Waals surface area contributed by atoms with Crippen LogP contribution in [0.15, 0.2) is 48.5 Å². The van der Waals surface area contributed by atoms with E-state index in [0.717, 1.165) is 5.56 Å². The van der Waals surface area contributed by atoms with Crippen molar-refractivity contribution in [3.8, 4) is 0 Å². The van der Waals surface area contributed by atoms with Gasteiger partial charge in [-0.2, -0.15) is 12.6 Å². The highest BCUT2D eigenvalue weighted by molar-refractivity contribution is 14.1. The van der Waals surface area contributed by atoms with E-state index in [1.54, 1.807) is 6.07 Å². The first-order chi connectivity index (χ1) is 9.56. The smallest absolute Gasteiger partial charge is 0.237 e. The van der Waals surface area contributed by atoms with Crippen LogP contribution in [0.3, 0.4) is 0 Å². The topological polar surface area (TPSA) is 29.1 Å². The predicted molar refractivity (Wildman–Crippen MR) is 90.7 cm³/mol. The quantitative estimate of drug-likeness (QED) is 0.591. The van der Waals surface area contributed by atoms with Crippen LogP contribution in [0.1, 0.15) is 5.56 Å². The van der Waals surface area contributed by atoms with E-state index in [1.165, 1.54) is 12.1 Å². The van der Waals surface area contributed by atoms with E-state index in [9.17, 15) is 9.18 Å². The van der Waals surface area contributed by atoms with Crippen molar-refractivity contribution >= 4 is 46.8 Å². The van der Waals surface area contributed by atoms with Gasteiger partial charge in [0.2, 0.25) is 5.91 Å². The standard InChI is InChI=1S/C15H13FINOS/c16-11-6-7-13(12(17)9-11)18-15(19)14(20)8-10-4-2-1-3-5-10/h1-7,9,14,20H,8H2,(H,18,19). The fraction of sp³-hybridized carbons (Fsp3) is 0.133. The number of anilines is 1. The average Bonchev–Trinajstić information content (AvgIpc) is 2.43. The van der Waals surface area contributed by atoms with Crippen molar-refractivity contribution in [1.29, 1.82) is 0 Å². The van der Waals surface area contributed by atoms with E-state index in [4.69, 9.17) is 0 Å². The Labute approximate surface area is 136 Å². The Bertz CT molecular complexity index is 606. The maximum absolute atomic E-state index is 13.0. The first-order valence-electron chi connectivity index (χ1n) is 6.04.